The second-order valence-electron chi connectivity index (χ2n) is 4.31. The largest absolute Gasteiger partial charge is 0.326 e. The normalized spacial score (nSPS) is 18.2. The summed E-state index contributed by atoms with van der Waals surface area (Å²) >= 11 is 0. The van der Waals surface area contributed by atoms with E-state index in [4.69, 9.17) is 5.73 Å². The van der Waals surface area contributed by atoms with Crippen LogP contribution in [0.3, 0.4) is 0 Å². The van der Waals surface area contributed by atoms with Crippen molar-refractivity contribution < 1.29 is 8.42 Å². The van der Waals surface area contributed by atoms with Gasteiger partial charge in [-0.3, -0.25) is 0 Å². The number of rotatable bonds is 3. The molecule has 0 amide bonds. The molecule has 17 heavy (non-hydrogen) atoms. The first-order chi connectivity index (χ1) is 8.16. The first-order valence-electron chi connectivity index (χ1n) is 5.89. The third kappa shape index (κ3) is 2.51. The molecule has 0 aliphatic carbocycles. The van der Waals surface area contributed by atoms with Gasteiger partial charge < -0.3 is 11.1 Å². The Morgan fingerprint density at radius 1 is 1.24 bits per heavy atom. The summed E-state index contributed by atoms with van der Waals surface area (Å²) in [5.74, 6) is 0. The Morgan fingerprint density at radius 2 is 1.88 bits per heavy atom. The van der Waals surface area contributed by atoms with Gasteiger partial charge in [-0.15, -0.1) is 0 Å². The topological polar surface area (TPSA) is 72.2 Å². The molecule has 1 fully saturated rings. The summed E-state index contributed by atoms with van der Waals surface area (Å²) in [6.07, 6.45) is 1.36. The first kappa shape index (κ1) is 12.5. The molecule has 1 aliphatic rings. The number of nitrogens with two attached hydrogens (primary N) is 1. The van der Waals surface area contributed by atoms with E-state index in [9.17, 15) is 8.42 Å². The van der Waals surface area contributed by atoms with Crippen LogP contribution in [0.15, 0.2) is 29.2 Å². The predicted molar refractivity (Wildman–Crippen MR) is 67.4 cm³/mol. The highest BCUT2D eigenvalue weighted by molar-refractivity contribution is 7.92. The van der Waals surface area contributed by atoms with Crippen molar-refractivity contribution in [3.05, 3.63) is 29.8 Å². The van der Waals surface area contributed by atoms with Gasteiger partial charge in [0.15, 0.2) is 9.84 Å². The van der Waals surface area contributed by atoms with Gasteiger partial charge >= 0.3 is 0 Å². The SMILES string of the molecule is NCc1ccccc1S(=O)(=O)C1CCNCC1. The number of piperidine rings is 1. The molecule has 1 aromatic carbocycles. The van der Waals surface area contributed by atoms with Gasteiger partial charge in [0.2, 0.25) is 0 Å². The third-order valence-electron chi connectivity index (χ3n) is 3.22. The lowest BCUT2D eigenvalue weighted by Crippen LogP contribution is -2.36. The van der Waals surface area contributed by atoms with Crippen LogP contribution in [-0.4, -0.2) is 26.8 Å². The van der Waals surface area contributed by atoms with Crippen molar-refractivity contribution in [1.29, 1.82) is 0 Å². The summed E-state index contributed by atoms with van der Waals surface area (Å²) in [5.41, 5.74) is 6.31. The Hall–Kier alpha value is -0.910. The highest BCUT2D eigenvalue weighted by atomic mass is 32.2. The molecule has 94 valence electrons. The summed E-state index contributed by atoms with van der Waals surface area (Å²) in [7, 11) is -3.22. The first-order valence-corrected chi connectivity index (χ1v) is 7.43. The van der Waals surface area contributed by atoms with Crippen LogP contribution in [0, 0.1) is 0 Å². The van der Waals surface area contributed by atoms with Crippen molar-refractivity contribution in [3.8, 4) is 0 Å². The van der Waals surface area contributed by atoms with Crippen molar-refractivity contribution in [3.63, 3.8) is 0 Å². The van der Waals surface area contributed by atoms with E-state index in [1.165, 1.54) is 0 Å². The van der Waals surface area contributed by atoms with E-state index in [2.05, 4.69) is 5.32 Å². The maximum Gasteiger partial charge on any atom is 0.181 e. The van der Waals surface area contributed by atoms with E-state index >= 15 is 0 Å². The Balaban J connectivity index is 2.36. The molecule has 3 N–H and O–H groups in total. The maximum absolute atomic E-state index is 12.5. The molecule has 1 aromatic rings. The predicted octanol–water partition coefficient (Wildman–Crippen LogP) is 0.671. The highest BCUT2D eigenvalue weighted by Crippen LogP contribution is 2.24. The van der Waals surface area contributed by atoms with Crippen LogP contribution >= 0.6 is 0 Å². The molecule has 5 heteroatoms. The molecule has 0 saturated carbocycles. The van der Waals surface area contributed by atoms with Gasteiger partial charge in [-0.2, -0.15) is 0 Å². The van der Waals surface area contributed by atoms with Crippen LogP contribution in [0.5, 0.6) is 0 Å². The molecule has 0 spiro atoms. The second kappa shape index (κ2) is 5.16. The zero-order chi connectivity index (χ0) is 12.3. The van der Waals surface area contributed by atoms with E-state index in [0.29, 0.717) is 23.3 Å². The lowest BCUT2D eigenvalue weighted by atomic mass is 10.2. The quantitative estimate of drug-likeness (QED) is 0.831. The summed E-state index contributed by atoms with van der Waals surface area (Å²) in [4.78, 5) is 0.411. The minimum Gasteiger partial charge on any atom is -0.326 e. The van der Waals surface area contributed by atoms with Crippen molar-refractivity contribution in [2.45, 2.75) is 29.5 Å². The Bertz CT molecular complexity index is 479. The van der Waals surface area contributed by atoms with E-state index < -0.39 is 9.84 Å². The van der Waals surface area contributed by atoms with Crippen LogP contribution in [0.25, 0.3) is 0 Å². The van der Waals surface area contributed by atoms with Crippen molar-refractivity contribution in [2.75, 3.05) is 13.1 Å². The molecular formula is C12H18N2O2S. The van der Waals surface area contributed by atoms with Crippen molar-refractivity contribution >= 4 is 9.84 Å². The standard InChI is InChI=1S/C12H18N2O2S/c13-9-10-3-1-2-4-12(10)17(15,16)11-5-7-14-8-6-11/h1-4,11,14H,5-9,13H2. The number of nitrogens with one attached hydrogen (secondary N) is 1. The van der Waals surface area contributed by atoms with E-state index in [-0.39, 0.29) is 11.8 Å². The third-order valence-corrected chi connectivity index (χ3v) is 5.58. The molecule has 0 aromatic heterocycles. The van der Waals surface area contributed by atoms with Gasteiger partial charge in [-0.25, -0.2) is 8.42 Å². The molecular weight excluding hydrogens is 236 g/mol. The lowest BCUT2D eigenvalue weighted by Gasteiger charge is -2.23. The molecule has 1 heterocycles. The van der Waals surface area contributed by atoms with Crippen molar-refractivity contribution in [2.24, 2.45) is 5.73 Å². The average molecular weight is 254 g/mol. The zero-order valence-electron chi connectivity index (χ0n) is 9.72. The fraction of sp³-hybridized carbons (Fsp3) is 0.500. The van der Waals surface area contributed by atoms with Gasteiger partial charge in [0.1, 0.15) is 0 Å². The molecule has 1 aliphatic heterocycles. The number of sulfone groups is 1. The smallest absolute Gasteiger partial charge is 0.181 e. The average Bonchev–Trinajstić information content (AvgIpc) is 2.39. The van der Waals surface area contributed by atoms with Crippen LogP contribution < -0.4 is 11.1 Å². The van der Waals surface area contributed by atoms with Gasteiger partial charge in [0.05, 0.1) is 10.1 Å². The second-order valence-corrected chi connectivity index (χ2v) is 6.50. The number of hydrogen-bond donors (Lipinski definition) is 2. The van der Waals surface area contributed by atoms with Gasteiger partial charge in [0.25, 0.3) is 0 Å². The van der Waals surface area contributed by atoms with E-state index in [1.807, 2.05) is 6.07 Å². The Kier molecular flexibility index (Phi) is 3.81. The maximum atomic E-state index is 12.5. The van der Waals surface area contributed by atoms with Crippen LogP contribution in [0.1, 0.15) is 18.4 Å². The molecule has 0 bridgehead atoms. The highest BCUT2D eigenvalue weighted by Gasteiger charge is 2.30. The summed E-state index contributed by atoms with van der Waals surface area (Å²) in [5, 5.41) is 2.91. The number of benzene rings is 1. The van der Waals surface area contributed by atoms with Crippen LogP contribution in [-0.2, 0) is 16.4 Å². The van der Waals surface area contributed by atoms with E-state index in [0.717, 1.165) is 13.1 Å². The minimum atomic E-state index is -3.22. The Labute approximate surface area is 102 Å². The molecule has 1 saturated heterocycles. The van der Waals surface area contributed by atoms with Crippen molar-refractivity contribution in [1.82, 2.24) is 5.32 Å². The number of hydrogen-bond acceptors (Lipinski definition) is 4. The summed E-state index contributed by atoms with van der Waals surface area (Å²) in [6.45, 7) is 1.81. The Morgan fingerprint density at radius 3 is 2.53 bits per heavy atom. The lowest BCUT2D eigenvalue weighted by molar-refractivity contribution is 0.496. The molecule has 2 rings (SSSR count). The molecule has 0 unspecified atom stereocenters. The molecule has 0 atom stereocenters. The van der Waals surface area contributed by atoms with Crippen LogP contribution in [0.4, 0.5) is 0 Å². The van der Waals surface area contributed by atoms with Gasteiger partial charge in [-0.05, 0) is 37.6 Å². The van der Waals surface area contributed by atoms with Gasteiger partial charge in [0, 0.05) is 6.54 Å². The summed E-state index contributed by atoms with van der Waals surface area (Å²) in [6, 6.07) is 7.03. The summed E-state index contributed by atoms with van der Waals surface area (Å²) < 4.78 is 25.0. The van der Waals surface area contributed by atoms with Crippen LogP contribution in [0.2, 0.25) is 0 Å². The van der Waals surface area contributed by atoms with Gasteiger partial charge in [-0.1, -0.05) is 18.2 Å². The fourth-order valence-electron chi connectivity index (χ4n) is 2.24. The molecule has 4 nitrogen and oxygen atoms in total. The molecule has 0 radical (unpaired) electrons. The monoisotopic (exact) mass is 254 g/mol. The fourth-order valence-corrected chi connectivity index (χ4v) is 4.24. The minimum absolute atomic E-state index is 0.264. The zero-order valence-corrected chi connectivity index (χ0v) is 10.5. The van der Waals surface area contributed by atoms with E-state index in [1.54, 1.807) is 18.2 Å².